The standard InChI is InChI=1S/C14H16N4O3S/c1-9-3-5-10(6-4-9)12-17-18-14(21-12)22-8-7-11(19)16-13(20)15-2/h3-6H,7-8H2,1-2H3,(H2,15,16,19,20). The number of thioether (sulfide) groups is 1. The Hall–Kier alpha value is -2.35. The molecule has 0 saturated heterocycles. The van der Waals surface area contributed by atoms with E-state index in [1.54, 1.807) is 0 Å². The van der Waals surface area contributed by atoms with Crippen molar-refractivity contribution < 1.29 is 14.0 Å². The first-order valence-corrected chi connectivity index (χ1v) is 7.62. The third-order valence-corrected chi connectivity index (χ3v) is 3.56. The number of aromatic nitrogens is 2. The highest BCUT2D eigenvalue weighted by molar-refractivity contribution is 7.99. The normalized spacial score (nSPS) is 10.3. The summed E-state index contributed by atoms with van der Waals surface area (Å²) in [6, 6.07) is 7.24. The first-order chi connectivity index (χ1) is 10.6. The van der Waals surface area contributed by atoms with E-state index in [2.05, 4.69) is 20.8 Å². The van der Waals surface area contributed by atoms with Crippen LogP contribution in [0.1, 0.15) is 12.0 Å². The minimum absolute atomic E-state index is 0.181. The summed E-state index contributed by atoms with van der Waals surface area (Å²) in [5.74, 6) is 0.528. The second-order valence-corrected chi connectivity index (χ2v) is 5.51. The second-order valence-electron chi connectivity index (χ2n) is 4.46. The van der Waals surface area contributed by atoms with Gasteiger partial charge in [0.1, 0.15) is 0 Å². The molecule has 0 bridgehead atoms. The minimum Gasteiger partial charge on any atom is -0.411 e. The molecule has 2 aromatic rings. The Bertz CT molecular complexity index is 654. The molecule has 8 heteroatoms. The number of nitrogens with one attached hydrogen (secondary N) is 2. The molecule has 0 spiro atoms. The van der Waals surface area contributed by atoms with E-state index < -0.39 is 6.03 Å². The molecule has 0 atom stereocenters. The van der Waals surface area contributed by atoms with Crippen LogP contribution in [0.4, 0.5) is 4.79 Å². The number of carbonyl (C=O) groups is 2. The fourth-order valence-corrected chi connectivity index (χ4v) is 2.26. The van der Waals surface area contributed by atoms with Crippen molar-refractivity contribution in [3.05, 3.63) is 29.8 Å². The highest BCUT2D eigenvalue weighted by atomic mass is 32.2. The third kappa shape index (κ3) is 4.59. The molecule has 0 fully saturated rings. The Morgan fingerprint density at radius 3 is 2.64 bits per heavy atom. The predicted octanol–water partition coefficient (Wildman–Crippen LogP) is 1.98. The van der Waals surface area contributed by atoms with E-state index in [1.165, 1.54) is 18.8 Å². The van der Waals surface area contributed by atoms with E-state index in [1.807, 2.05) is 31.2 Å². The van der Waals surface area contributed by atoms with E-state index in [-0.39, 0.29) is 12.3 Å². The zero-order valence-electron chi connectivity index (χ0n) is 12.3. The number of hydrogen-bond acceptors (Lipinski definition) is 6. The van der Waals surface area contributed by atoms with Gasteiger partial charge in [-0.3, -0.25) is 10.1 Å². The van der Waals surface area contributed by atoms with Gasteiger partial charge in [0.2, 0.25) is 11.8 Å². The van der Waals surface area contributed by atoms with E-state index >= 15 is 0 Å². The number of nitrogens with zero attached hydrogens (tertiary/aromatic N) is 2. The van der Waals surface area contributed by atoms with Crippen molar-refractivity contribution in [1.82, 2.24) is 20.8 Å². The van der Waals surface area contributed by atoms with Crippen molar-refractivity contribution in [1.29, 1.82) is 0 Å². The quantitative estimate of drug-likeness (QED) is 0.818. The molecule has 0 unspecified atom stereocenters. The maximum absolute atomic E-state index is 11.4. The first kappa shape index (κ1) is 16.0. The molecule has 0 aliphatic heterocycles. The van der Waals surface area contributed by atoms with E-state index in [0.29, 0.717) is 16.9 Å². The lowest BCUT2D eigenvalue weighted by molar-refractivity contribution is -0.119. The van der Waals surface area contributed by atoms with Crippen LogP contribution in [0.15, 0.2) is 33.9 Å². The summed E-state index contributed by atoms with van der Waals surface area (Å²) in [4.78, 5) is 22.4. The molecule has 2 rings (SSSR count). The van der Waals surface area contributed by atoms with Gasteiger partial charge in [0.05, 0.1) is 0 Å². The number of aryl methyl sites for hydroxylation is 1. The molecule has 2 N–H and O–H groups in total. The molecule has 0 saturated carbocycles. The van der Waals surface area contributed by atoms with Crippen LogP contribution < -0.4 is 10.6 Å². The molecule has 7 nitrogen and oxygen atoms in total. The van der Waals surface area contributed by atoms with Crippen LogP contribution in [0.25, 0.3) is 11.5 Å². The van der Waals surface area contributed by atoms with Gasteiger partial charge in [-0.2, -0.15) is 0 Å². The van der Waals surface area contributed by atoms with Crippen molar-refractivity contribution in [2.75, 3.05) is 12.8 Å². The Balaban J connectivity index is 1.84. The Morgan fingerprint density at radius 2 is 1.95 bits per heavy atom. The number of imide groups is 1. The fourth-order valence-electron chi connectivity index (χ4n) is 1.56. The molecule has 0 aliphatic carbocycles. The molecule has 116 valence electrons. The molecule has 0 aliphatic rings. The van der Waals surface area contributed by atoms with Crippen molar-refractivity contribution >= 4 is 23.7 Å². The lowest BCUT2D eigenvalue weighted by atomic mass is 10.1. The summed E-state index contributed by atoms with van der Waals surface area (Å²) in [6.45, 7) is 2.00. The average Bonchev–Trinajstić information content (AvgIpc) is 2.96. The van der Waals surface area contributed by atoms with Crippen LogP contribution in [-0.4, -0.2) is 34.9 Å². The van der Waals surface area contributed by atoms with Crippen LogP contribution in [0.3, 0.4) is 0 Å². The summed E-state index contributed by atoms with van der Waals surface area (Å²) >= 11 is 1.27. The van der Waals surface area contributed by atoms with Crippen molar-refractivity contribution in [3.63, 3.8) is 0 Å². The summed E-state index contributed by atoms with van der Waals surface area (Å²) in [5, 5.41) is 12.8. The van der Waals surface area contributed by atoms with Gasteiger partial charge < -0.3 is 9.73 Å². The van der Waals surface area contributed by atoms with Crippen molar-refractivity contribution in [3.8, 4) is 11.5 Å². The number of urea groups is 1. The second kappa shape index (κ2) is 7.60. The highest BCUT2D eigenvalue weighted by Gasteiger charge is 2.10. The molecular formula is C14H16N4O3S. The van der Waals surface area contributed by atoms with Gasteiger partial charge in [0.25, 0.3) is 5.22 Å². The molecule has 1 aromatic carbocycles. The molecule has 1 aromatic heterocycles. The van der Waals surface area contributed by atoms with Gasteiger partial charge >= 0.3 is 6.03 Å². The minimum atomic E-state index is -0.519. The molecule has 3 amide bonds. The van der Waals surface area contributed by atoms with Gasteiger partial charge in [0, 0.05) is 24.8 Å². The number of carbonyl (C=O) groups excluding carboxylic acids is 2. The molecular weight excluding hydrogens is 304 g/mol. The summed E-state index contributed by atoms with van der Waals surface area (Å²) < 4.78 is 5.52. The van der Waals surface area contributed by atoms with Gasteiger partial charge in [-0.25, -0.2) is 4.79 Å². The van der Waals surface area contributed by atoms with Crippen LogP contribution >= 0.6 is 11.8 Å². The number of amides is 3. The number of benzene rings is 1. The molecule has 0 radical (unpaired) electrons. The van der Waals surface area contributed by atoms with Gasteiger partial charge in [0.15, 0.2) is 0 Å². The monoisotopic (exact) mass is 320 g/mol. The van der Waals surface area contributed by atoms with Gasteiger partial charge in [-0.15, -0.1) is 10.2 Å². The van der Waals surface area contributed by atoms with E-state index in [9.17, 15) is 9.59 Å². The Morgan fingerprint density at radius 1 is 1.23 bits per heavy atom. The lowest BCUT2D eigenvalue weighted by Gasteiger charge is -2.01. The number of rotatable bonds is 5. The smallest absolute Gasteiger partial charge is 0.321 e. The zero-order chi connectivity index (χ0) is 15.9. The van der Waals surface area contributed by atoms with Gasteiger partial charge in [-0.1, -0.05) is 29.5 Å². The Kier molecular flexibility index (Phi) is 5.54. The maximum atomic E-state index is 11.4. The molecule has 1 heterocycles. The van der Waals surface area contributed by atoms with Crippen LogP contribution in [0, 0.1) is 6.92 Å². The van der Waals surface area contributed by atoms with Gasteiger partial charge in [-0.05, 0) is 19.1 Å². The van der Waals surface area contributed by atoms with Crippen LogP contribution in [0.2, 0.25) is 0 Å². The topological polar surface area (TPSA) is 97.1 Å². The van der Waals surface area contributed by atoms with E-state index in [4.69, 9.17) is 4.42 Å². The van der Waals surface area contributed by atoms with Crippen molar-refractivity contribution in [2.24, 2.45) is 0 Å². The summed E-state index contributed by atoms with van der Waals surface area (Å²) in [5.41, 5.74) is 2.00. The van der Waals surface area contributed by atoms with E-state index in [0.717, 1.165) is 11.1 Å². The number of hydrogen-bond donors (Lipinski definition) is 2. The predicted molar refractivity (Wildman–Crippen MR) is 82.4 cm³/mol. The lowest BCUT2D eigenvalue weighted by Crippen LogP contribution is -2.37. The van der Waals surface area contributed by atoms with Crippen molar-refractivity contribution in [2.45, 2.75) is 18.6 Å². The SMILES string of the molecule is CNC(=O)NC(=O)CCSc1nnc(-c2ccc(C)cc2)o1. The average molecular weight is 320 g/mol. The highest BCUT2D eigenvalue weighted by Crippen LogP contribution is 2.23. The zero-order valence-corrected chi connectivity index (χ0v) is 13.1. The first-order valence-electron chi connectivity index (χ1n) is 6.63. The third-order valence-electron chi connectivity index (χ3n) is 2.74. The van der Waals surface area contributed by atoms with Crippen LogP contribution in [-0.2, 0) is 4.79 Å². The maximum Gasteiger partial charge on any atom is 0.321 e. The largest absolute Gasteiger partial charge is 0.411 e. The van der Waals surface area contributed by atoms with Crippen LogP contribution in [0.5, 0.6) is 0 Å². The fraction of sp³-hybridized carbons (Fsp3) is 0.286. The summed E-state index contributed by atoms with van der Waals surface area (Å²) in [6.07, 6.45) is 0.181. The Labute approximate surface area is 131 Å². The summed E-state index contributed by atoms with van der Waals surface area (Å²) in [7, 11) is 1.45. The molecule has 22 heavy (non-hydrogen) atoms.